The van der Waals surface area contributed by atoms with Crippen LogP contribution in [0.2, 0.25) is 5.02 Å². The average molecular weight is 236 g/mol. The van der Waals surface area contributed by atoms with Gasteiger partial charge in [-0.1, -0.05) is 11.6 Å². The quantitative estimate of drug-likeness (QED) is 0.783. The molecular formula is C8H11Cl2N3O. The van der Waals surface area contributed by atoms with Crippen LogP contribution in [0.25, 0.3) is 0 Å². The number of hydrogen-bond donors (Lipinski definition) is 1. The number of hydrogen-bond acceptors (Lipinski definition) is 4. The standard InChI is InChI=1S/C8H11Cl2N3O/c9-1-6(2-11)5-14-8-12-3-7(10)4-13-8/h3-4,6H,1-2,5,11H2. The third kappa shape index (κ3) is 3.65. The summed E-state index contributed by atoms with van der Waals surface area (Å²) in [6.45, 7) is 0.902. The molecule has 1 aromatic heterocycles. The van der Waals surface area contributed by atoms with Crippen molar-refractivity contribution in [2.75, 3.05) is 19.0 Å². The highest BCUT2D eigenvalue weighted by Gasteiger charge is 2.06. The lowest BCUT2D eigenvalue weighted by molar-refractivity contribution is 0.246. The Labute approximate surface area is 92.4 Å². The van der Waals surface area contributed by atoms with Gasteiger partial charge in [-0.25, -0.2) is 9.97 Å². The fourth-order valence-electron chi connectivity index (χ4n) is 0.743. The van der Waals surface area contributed by atoms with Crippen LogP contribution >= 0.6 is 23.2 Å². The number of nitrogens with two attached hydrogens (primary N) is 1. The highest BCUT2D eigenvalue weighted by atomic mass is 35.5. The first-order valence-corrected chi connectivity index (χ1v) is 5.04. The molecule has 0 amide bonds. The van der Waals surface area contributed by atoms with Crippen LogP contribution in [0.5, 0.6) is 6.01 Å². The van der Waals surface area contributed by atoms with E-state index in [1.807, 2.05) is 0 Å². The molecule has 0 saturated carbocycles. The third-order valence-corrected chi connectivity index (χ3v) is 2.23. The van der Waals surface area contributed by atoms with E-state index < -0.39 is 0 Å². The first-order chi connectivity index (χ1) is 6.76. The lowest BCUT2D eigenvalue weighted by atomic mass is 10.2. The van der Waals surface area contributed by atoms with E-state index in [9.17, 15) is 0 Å². The monoisotopic (exact) mass is 235 g/mol. The second kappa shape index (κ2) is 6.01. The SMILES string of the molecule is NCC(CCl)COc1ncc(Cl)cn1. The molecule has 2 N–H and O–H groups in total. The van der Waals surface area contributed by atoms with Crippen molar-refractivity contribution in [3.05, 3.63) is 17.4 Å². The maximum absolute atomic E-state index is 5.64. The van der Waals surface area contributed by atoms with Gasteiger partial charge in [0, 0.05) is 11.8 Å². The Hall–Kier alpha value is -0.580. The number of ether oxygens (including phenoxy) is 1. The van der Waals surface area contributed by atoms with Gasteiger partial charge in [0.1, 0.15) is 0 Å². The fourth-order valence-corrected chi connectivity index (χ4v) is 1.06. The molecule has 0 radical (unpaired) electrons. The lowest BCUT2D eigenvalue weighted by Crippen LogP contribution is -2.23. The maximum Gasteiger partial charge on any atom is 0.316 e. The molecule has 78 valence electrons. The Kier molecular flexibility index (Phi) is 4.93. The molecule has 1 unspecified atom stereocenters. The van der Waals surface area contributed by atoms with Crippen LogP contribution in [0.3, 0.4) is 0 Å². The van der Waals surface area contributed by atoms with Gasteiger partial charge < -0.3 is 10.5 Å². The van der Waals surface area contributed by atoms with Gasteiger partial charge in [-0.2, -0.15) is 0 Å². The summed E-state index contributed by atoms with van der Waals surface area (Å²) in [7, 11) is 0. The minimum absolute atomic E-state index is 0.121. The summed E-state index contributed by atoms with van der Waals surface area (Å²) in [6, 6.07) is 0.290. The zero-order valence-corrected chi connectivity index (χ0v) is 9.00. The van der Waals surface area contributed by atoms with E-state index in [1.165, 1.54) is 12.4 Å². The Morgan fingerprint density at radius 3 is 2.57 bits per heavy atom. The Bertz CT molecular complexity index is 264. The van der Waals surface area contributed by atoms with Gasteiger partial charge in [-0.15, -0.1) is 11.6 Å². The zero-order valence-electron chi connectivity index (χ0n) is 7.49. The second-order valence-electron chi connectivity index (χ2n) is 2.75. The summed E-state index contributed by atoms with van der Waals surface area (Å²) in [6.07, 6.45) is 2.95. The Morgan fingerprint density at radius 1 is 1.43 bits per heavy atom. The van der Waals surface area contributed by atoms with E-state index in [4.69, 9.17) is 33.7 Å². The van der Waals surface area contributed by atoms with Crippen LogP contribution in [-0.4, -0.2) is 29.0 Å². The van der Waals surface area contributed by atoms with Gasteiger partial charge >= 0.3 is 6.01 Å². The van der Waals surface area contributed by atoms with Crippen molar-refractivity contribution in [3.63, 3.8) is 0 Å². The van der Waals surface area contributed by atoms with Crippen molar-refractivity contribution in [1.82, 2.24) is 9.97 Å². The molecule has 0 aromatic carbocycles. The van der Waals surface area contributed by atoms with E-state index in [2.05, 4.69) is 9.97 Å². The van der Waals surface area contributed by atoms with E-state index >= 15 is 0 Å². The summed E-state index contributed by atoms with van der Waals surface area (Å²) in [5.74, 6) is 0.584. The molecule has 4 nitrogen and oxygen atoms in total. The zero-order chi connectivity index (χ0) is 10.4. The Balaban J connectivity index is 2.41. The highest BCUT2D eigenvalue weighted by Crippen LogP contribution is 2.08. The van der Waals surface area contributed by atoms with Crippen LogP contribution in [0.1, 0.15) is 0 Å². The van der Waals surface area contributed by atoms with E-state index in [0.29, 0.717) is 24.1 Å². The number of nitrogens with zero attached hydrogens (tertiary/aromatic N) is 2. The van der Waals surface area contributed by atoms with Gasteiger partial charge in [0.15, 0.2) is 0 Å². The summed E-state index contributed by atoms with van der Waals surface area (Å²) < 4.78 is 5.26. The molecule has 0 bridgehead atoms. The molecule has 6 heteroatoms. The van der Waals surface area contributed by atoms with Gasteiger partial charge in [-0.05, 0) is 6.54 Å². The van der Waals surface area contributed by atoms with Gasteiger partial charge in [0.25, 0.3) is 0 Å². The largest absolute Gasteiger partial charge is 0.463 e. The molecular weight excluding hydrogens is 225 g/mol. The predicted molar refractivity (Wildman–Crippen MR) is 55.8 cm³/mol. The van der Waals surface area contributed by atoms with E-state index in [0.717, 1.165) is 0 Å². The van der Waals surface area contributed by atoms with Crippen LogP contribution in [0, 0.1) is 5.92 Å². The summed E-state index contributed by atoms with van der Waals surface area (Å²) in [5, 5.41) is 0.477. The van der Waals surface area contributed by atoms with Crippen LogP contribution in [0.4, 0.5) is 0 Å². The minimum Gasteiger partial charge on any atom is -0.463 e. The van der Waals surface area contributed by atoms with Gasteiger partial charge in [-0.3, -0.25) is 0 Å². The first kappa shape index (κ1) is 11.5. The third-order valence-electron chi connectivity index (χ3n) is 1.60. The van der Waals surface area contributed by atoms with Crippen molar-refractivity contribution >= 4 is 23.2 Å². The average Bonchev–Trinajstić information content (AvgIpc) is 2.22. The van der Waals surface area contributed by atoms with Crippen molar-refractivity contribution in [3.8, 4) is 6.01 Å². The number of halogens is 2. The molecule has 0 saturated heterocycles. The molecule has 0 aliphatic heterocycles. The molecule has 0 spiro atoms. The molecule has 1 aromatic rings. The predicted octanol–water partition coefficient (Wildman–Crippen LogP) is 1.32. The first-order valence-electron chi connectivity index (χ1n) is 4.12. The van der Waals surface area contributed by atoms with Crippen LogP contribution < -0.4 is 10.5 Å². The topological polar surface area (TPSA) is 61.0 Å². The number of aromatic nitrogens is 2. The smallest absolute Gasteiger partial charge is 0.316 e. The van der Waals surface area contributed by atoms with Crippen LogP contribution in [0.15, 0.2) is 12.4 Å². The second-order valence-corrected chi connectivity index (χ2v) is 3.50. The normalized spacial score (nSPS) is 12.5. The van der Waals surface area contributed by atoms with Crippen molar-refractivity contribution in [2.24, 2.45) is 11.7 Å². The summed E-state index contributed by atoms with van der Waals surface area (Å²) in [4.78, 5) is 7.74. The van der Waals surface area contributed by atoms with Crippen molar-refractivity contribution in [2.45, 2.75) is 0 Å². The van der Waals surface area contributed by atoms with Crippen molar-refractivity contribution in [1.29, 1.82) is 0 Å². The molecule has 1 atom stereocenters. The highest BCUT2D eigenvalue weighted by molar-refractivity contribution is 6.30. The number of rotatable bonds is 5. The molecule has 0 fully saturated rings. The van der Waals surface area contributed by atoms with Crippen molar-refractivity contribution < 1.29 is 4.74 Å². The summed E-state index contributed by atoms with van der Waals surface area (Å²) in [5.41, 5.74) is 5.45. The molecule has 0 aliphatic carbocycles. The molecule has 1 rings (SSSR count). The van der Waals surface area contributed by atoms with Crippen LogP contribution in [-0.2, 0) is 0 Å². The summed E-state index contributed by atoms with van der Waals surface area (Å²) >= 11 is 11.2. The molecule has 0 aliphatic rings. The Morgan fingerprint density at radius 2 is 2.07 bits per heavy atom. The van der Waals surface area contributed by atoms with Gasteiger partial charge in [0.2, 0.25) is 0 Å². The molecule has 1 heterocycles. The molecule has 14 heavy (non-hydrogen) atoms. The van der Waals surface area contributed by atoms with E-state index in [-0.39, 0.29) is 11.9 Å². The minimum atomic E-state index is 0.121. The maximum atomic E-state index is 5.64. The van der Waals surface area contributed by atoms with Gasteiger partial charge in [0.05, 0.1) is 24.0 Å². The number of alkyl halides is 1. The van der Waals surface area contributed by atoms with E-state index in [1.54, 1.807) is 0 Å². The fraction of sp³-hybridized carbons (Fsp3) is 0.500. The lowest BCUT2D eigenvalue weighted by Gasteiger charge is -2.10.